The Labute approximate surface area is 207 Å². The number of aromatic nitrogens is 1. The molecule has 1 heterocycles. The molecule has 0 unspecified atom stereocenters. The molecular weight excluding hydrogens is 440 g/mol. The van der Waals surface area contributed by atoms with Crippen molar-refractivity contribution in [3.8, 4) is 23.0 Å². The normalized spacial score (nSPS) is 14.8. The number of pyridine rings is 1. The zero-order chi connectivity index (χ0) is 23.6. The largest absolute Gasteiger partial charge is 0.396 e. The van der Waals surface area contributed by atoms with Crippen molar-refractivity contribution in [1.82, 2.24) is 10.3 Å². The minimum Gasteiger partial charge on any atom is -0.396 e. The minimum absolute atomic E-state index is 0.202. The molecule has 1 aromatic heterocycles. The van der Waals surface area contributed by atoms with Gasteiger partial charge in [-0.2, -0.15) is 0 Å². The van der Waals surface area contributed by atoms with Gasteiger partial charge in [0.15, 0.2) is 0 Å². The van der Waals surface area contributed by atoms with Gasteiger partial charge in [-0.15, -0.1) is 0 Å². The first kappa shape index (κ1) is 24.2. The number of halogens is 1. The Morgan fingerprint density at radius 2 is 1.68 bits per heavy atom. The summed E-state index contributed by atoms with van der Waals surface area (Å²) >= 11 is 5.96. The summed E-state index contributed by atoms with van der Waals surface area (Å²) in [5, 5.41) is 13.5. The van der Waals surface area contributed by atoms with Crippen LogP contribution in [0.4, 0.5) is 0 Å². The summed E-state index contributed by atoms with van der Waals surface area (Å²) in [5.74, 6) is 6.36. The molecule has 0 amide bonds. The molecule has 1 saturated carbocycles. The van der Waals surface area contributed by atoms with Crippen LogP contribution in [0, 0.1) is 11.8 Å². The highest BCUT2D eigenvalue weighted by Gasteiger charge is 2.31. The Kier molecular flexibility index (Phi) is 8.55. The van der Waals surface area contributed by atoms with Crippen LogP contribution in [0.25, 0.3) is 17.2 Å². The summed E-state index contributed by atoms with van der Waals surface area (Å²) in [4.78, 5) is 4.48. The average molecular weight is 471 g/mol. The fourth-order valence-electron chi connectivity index (χ4n) is 4.45. The van der Waals surface area contributed by atoms with Crippen LogP contribution < -0.4 is 5.32 Å². The van der Waals surface area contributed by atoms with Gasteiger partial charge in [0.1, 0.15) is 5.69 Å². The first-order chi connectivity index (χ1) is 16.7. The summed E-state index contributed by atoms with van der Waals surface area (Å²) in [6.07, 6.45) is 13.2. The van der Waals surface area contributed by atoms with E-state index in [1.54, 1.807) is 0 Å². The molecule has 0 bridgehead atoms. The van der Waals surface area contributed by atoms with Crippen LogP contribution in [0.2, 0.25) is 5.02 Å². The molecule has 0 saturated heterocycles. The molecule has 3 aromatic rings. The van der Waals surface area contributed by atoms with E-state index in [0.717, 1.165) is 46.8 Å². The lowest BCUT2D eigenvalue weighted by Gasteiger charge is -2.29. The van der Waals surface area contributed by atoms with E-state index in [1.165, 1.54) is 31.2 Å². The van der Waals surface area contributed by atoms with Gasteiger partial charge in [-0.05, 0) is 79.6 Å². The van der Waals surface area contributed by atoms with Crippen LogP contribution in [0.3, 0.4) is 0 Å². The van der Waals surface area contributed by atoms with E-state index < -0.39 is 0 Å². The van der Waals surface area contributed by atoms with E-state index in [0.29, 0.717) is 0 Å². The Morgan fingerprint density at radius 3 is 2.35 bits per heavy atom. The fraction of sp³-hybridized carbons (Fsp3) is 0.300. The Bertz CT molecular complexity index is 1130. The molecule has 3 nitrogen and oxygen atoms in total. The summed E-state index contributed by atoms with van der Waals surface area (Å²) in [5.41, 5.74) is 5.23. The van der Waals surface area contributed by atoms with Gasteiger partial charge in [0.05, 0.1) is 0 Å². The van der Waals surface area contributed by atoms with Gasteiger partial charge in [-0.1, -0.05) is 72.8 Å². The maximum absolute atomic E-state index is 9.07. The van der Waals surface area contributed by atoms with Gasteiger partial charge in [-0.3, -0.25) is 0 Å². The van der Waals surface area contributed by atoms with Crippen LogP contribution in [0.15, 0.2) is 72.9 Å². The van der Waals surface area contributed by atoms with Crippen LogP contribution in [-0.4, -0.2) is 28.8 Å². The molecule has 0 aliphatic heterocycles. The van der Waals surface area contributed by atoms with Crippen LogP contribution in [0.5, 0.6) is 0 Å². The number of hydrogen-bond acceptors (Lipinski definition) is 3. The van der Waals surface area contributed by atoms with Crippen molar-refractivity contribution in [2.75, 3.05) is 13.2 Å². The molecule has 0 atom stereocenters. The maximum atomic E-state index is 9.07. The summed E-state index contributed by atoms with van der Waals surface area (Å²) in [6.45, 7) is 1.13. The number of nitrogens with one attached hydrogen (secondary N) is 1. The van der Waals surface area contributed by atoms with Crippen molar-refractivity contribution >= 4 is 17.7 Å². The number of benzene rings is 2. The predicted octanol–water partition coefficient (Wildman–Crippen LogP) is 6.49. The topological polar surface area (TPSA) is 45.1 Å². The third-order valence-electron chi connectivity index (χ3n) is 6.40. The third-order valence-corrected chi connectivity index (χ3v) is 6.65. The molecule has 174 valence electrons. The van der Waals surface area contributed by atoms with Gasteiger partial charge < -0.3 is 10.4 Å². The monoisotopic (exact) mass is 470 g/mol. The third kappa shape index (κ3) is 6.81. The van der Waals surface area contributed by atoms with E-state index >= 15 is 0 Å². The first-order valence-electron chi connectivity index (χ1n) is 12.0. The number of aliphatic hydroxyl groups is 1. The molecule has 2 N–H and O–H groups in total. The van der Waals surface area contributed by atoms with Crippen molar-refractivity contribution < 1.29 is 5.11 Å². The molecule has 1 fully saturated rings. The molecule has 0 spiro atoms. The van der Waals surface area contributed by atoms with Crippen molar-refractivity contribution in [2.45, 2.75) is 44.1 Å². The highest BCUT2D eigenvalue weighted by atomic mass is 35.5. The second-order valence-electron chi connectivity index (χ2n) is 8.91. The Morgan fingerprint density at radius 1 is 0.941 bits per heavy atom. The van der Waals surface area contributed by atoms with Gasteiger partial charge in [0.25, 0.3) is 0 Å². The number of rotatable bonds is 8. The smallest absolute Gasteiger partial charge is 0.113 e. The first-order valence-corrected chi connectivity index (χ1v) is 12.4. The molecule has 1 aliphatic carbocycles. The quantitative estimate of drug-likeness (QED) is 0.292. The van der Waals surface area contributed by atoms with Crippen molar-refractivity contribution in [1.29, 1.82) is 0 Å². The van der Waals surface area contributed by atoms with Crippen molar-refractivity contribution in [3.63, 3.8) is 0 Å². The summed E-state index contributed by atoms with van der Waals surface area (Å²) < 4.78 is 0. The lowest BCUT2D eigenvalue weighted by molar-refractivity contribution is 0.266. The standard InChI is InChI=1S/C30H31ClN2O/c31-28-14-11-26(12-15-28)27-13-17-29(32-23-27)16-10-25-8-6-24(7-9-25)5-3-20-30(18-1-2-19-30)33-21-4-22-34/h3,5-9,11-15,17,23,33-34H,1-2,4,18-22H2. The number of hydrogen-bond donors (Lipinski definition) is 2. The van der Waals surface area contributed by atoms with E-state index in [-0.39, 0.29) is 12.1 Å². The minimum atomic E-state index is 0.202. The molecule has 0 radical (unpaired) electrons. The molecule has 4 rings (SSSR count). The fourth-order valence-corrected chi connectivity index (χ4v) is 4.58. The van der Waals surface area contributed by atoms with Gasteiger partial charge in [-0.25, -0.2) is 4.98 Å². The Hall–Kier alpha value is -2.90. The second kappa shape index (κ2) is 12.0. The number of nitrogens with zero attached hydrogens (tertiary/aromatic N) is 1. The van der Waals surface area contributed by atoms with E-state index in [2.05, 4.69) is 58.6 Å². The summed E-state index contributed by atoms with van der Waals surface area (Å²) in [7, 11) is 0. The highest BCUT2D eigenvalue weighted by molar-refractivity contribution is 6.30. The van der Waals surface area contributed by atoms with Crippen molar-refractivity contribution in [2.24, 2.45) is 0 Å². The predicted molar refractivity (Wildman–Crippen MR) is 142 cm³/mol. The van der Waals surface area contributed by atoms with Crippen LogP contribution in [0.1, 0.15) is 55.3 Å². The lowest BCUT2D eigenvalue weighted by Crippen LogP contribution is -2.42. The molecular formula is C30H31ClN2O. The average Bonchev–Trinajstić information content (AvgIpc) is 3.33. The van der Waals surface area contributed by atoms with E-state index in [1.807, 2.05) is 42.6 Å². The van der Waals surface area contributed by atoms with E-state index in [9.17, 15) is 0 Å². The maximum Gasteiger partial charge on any atom is 0.113 e. The Balaban J connectivity index is 1.34. The highest BCUT2D eigenvalue weighted by Crippen LogP contribution is 2.33. The lowest BCUT2D eigenvalue weighted by atomic mass is 9.92. The summed E-state index contributed by atoms with van der Waals surface area (Å²) in [6, 6.07) is 20.0. The SMILES string of the molecule is OCCCNC1(CC=Cc2ccc(C#Cc3ccc(-c4ccc(Cl)cc4)cn3)cc2)CCCC1. The van der Waals surface area contributed by atoms with Gasteiger partial charge in [0, 0.05) is 34.5 Å². The zero-order valence-corrected chi connectivity index (χ0v) is 20.2. The molecule has 1 aliphatic rings. The van der Waals surface area contributed by atoms with E-state index in [4.69, 9.17) is 16.7 Å². The molecule has 4 heteroatoms. The molecule has 2 aromatic carbocycles. The van der Waals surface area contributed by atoms with Crippen LogP contribution >= 0.6 is 11.6 Å². The van der Waals surface area contributed by atoms with Crippen molar-refractivity contribution in [3.05, 3.63) is 94.8 Å². The van der Waals surface area contributed by atoms with Crippen LogP contribution in [-0.2, 0) is 0 Å². The molecule has 34 heavy (non-hydrogen) atoms. The zero-order valence-electron chi connectivity index (χ0n) is 19.4. The second-order valence-corrected chi connectivity index (χ2v) is 9.35. The number of aliphatic hydroxyl groups excluding tert-OH is 1. The van der Waals surface area contributed by atoms with Gasteiger partial charge in [0.2, 0.25) is 0 Å². The van der Waals surface area contributed by atoms with Gasteiger partial charge >= 0.3 is 0 Å².